The number of halogens is 1. The van der Waals surface area contributed by atoms with E-state index in [2.05, 4.69) is 10.6 Å². The molecule has 0 aromatic heterocycles. The van der Waals surface area contributed by atoms with Crippen LogP contribution >= 0.6 is 11.6 Å². The summed E-state index contributed by atoms with van der Waals surface area (Å²) in [5.74, 6) is -0.0188. The maximum absolute atomic E-state index is 11.9. The van der Waals surface area contributed by atoms with E-state index in [9.17, 15) is 4.79 Å². The van der Waals surface area contributed by atoms with Crippen LogP contribution in [0.4, 0.5) is 5.69 Å². The van der Waals surface area contributed by atoms with Gasteiger partial charge in [-0.05, 0) is 45.5 Å². The number of nitrogens with one attached hydrogen (secondary N) is 2. The van der Waals surface area contributed by atoms with Gasteiger partial charge in [0.25, 0.3) is 0 Å². The van der Waals surface area contributed by atoms with Crippen molar-refractivity contribution in [1.29, 1.82) is 0 Å². The molecule has 0 spiro atoms. The normalized spacial score (nSPS) is 11.4. The highest BCUT2D eigenvalue weighted by Gasteiger charge is 2.19. The molecule has 0 saturated heterocycles. The zero-order chi connectivity index (χ0) is 13.1. The van der Waals surface area contributed by atoms with Crippen LogP contribution < -0.4 is 10.6 Å². The molecule has 1 aromatic carbocycles. The molecule has 2 N–H and O–H groups in total. The van der Waals surface area contributed by atoms with Gasteiger partial charge in [0.1, 0.15) is 0 Å². The Bertz CT molecular complexity index is 416. The summed E-state index contributed by atoms with van der Waals surface area (Å²) in [5.41, 5.74) is 1.45. The first kappa shape index (κ1) is 14.0. The fourth-order valence-electron chi connectivity index (χ4n) is 1.43. The molecular formula is C13H19ClN2O. The summed E-state index contributed by atoms with van der Waals surface area (Å²) in [4.78, 5) is 11.9. The average Bonchev–Trinajstić information content (AvgIpc) is 2.24. The number of amides is 1. The molecule has 3 nitrogen and oxygen atoms in total. The summed E-state index contributed by atoms with van der Waals surface area (Å²) in [6, 6.07) is 5.49. The summed E-state index contributed by atoms with van der Waals surface area (Å²) in [6.07, 6.45) is 0.412. The Labute approximate surface area is 108 Å². The van der Waals surface area contributed by atoms with Crippen molar-refractivity contribution in [3.05, 3.63) is 28.8 Å². The Morgan fingerprint density at radius 1 is 1.41 bits per heavy atom. The molecule has 1 aromatic rings. The Morgan fingerprint density at radius 3 is 2.65 bits per heavy atom. The van der Waals surface area contributed by atoms with Gasteiger partial charge in [0.05, 0.1) is 0 Å². The molecule has 17 heavy (non-hydrogen) atoms. The van der Waals surface area contributed by atoms with Gasteiger partial charge in [0.2, 0.25) is 5.91 Å². The number of carbonyl (C=O) groups is 1. The van der Waals surface area contributed by atoms with E-state index < -0.39 is 0 Å². The Morgan fingerprint density at radius 2 is 2.06 bits per heavy atom. The maximum atomic E-state index is 11.9. The van der Waals surface area contributed by atoms with Gasteiger partial charge in [-0.3, -0.25) is 4.79 Å². The van der Waals surface area contributed by atoms with Gasteiger partial charge < -0.3 is 10.6 Å². The predicted octanol–water partition coefficient (Wildman–Crippen LogP) is 2.98. The standard InChI is InChI=1S/C13H19ClN2O/c1-9-10(14)6-5-7-11(9)16-12(17)8-13(2,3)15-4/h5-7,15H,8H2,1-4H3,(H,16,17). The topological polar surface area (TPSA) is 41.1 Å². The number of carbonyl (C=O) groups excluding carboxylic acids is 1. The summed E-state index contributed by atoms with van der Waals surface area (Å²) in [5, 5.41) is 6.64. The van der Waals surface area contributed by atoms with Crippen molar-refractivity contribution in [2.45, 2.75) is 32.7 Å². The Hall–Kier alpha value is -1.06. The highest BCUT2D eigenvalue weighted by atomic mass is 35.5. The summed E-state index contributed by atoms with van der Waals surface area (Å²) >= 11 is 5.99. The summed E-state index contributed by atoms with van der Waals surface area (Å²) < 4.78 is 0. The van der Waals surface area contributed by atoms with Crippen LogP contribution in [-0.2, 0) is 4.79 Å². The van der Waals surface area contributed by atoms with Gasteiger partial charge in [0.15, 0.2) is 0 Å². The van der Waals surface area contributed by atoms with Crippen LogP contribution in [0.2, 0.25) is 5.02 Å². The average molecular weight is 255 g/mol. The van der Waals surface area contributed by atoms with Gasteiger partial charge in [0, 0.05) is 22.7 Å². The third kappa shape index (κ3) is 4.02. The van der Waals surface area contributed by atoms with Crippen LogP contribution in [0.15, 0.2) is 18.2 Å². The lowest BCUT2D eigenvalue weighted by molar-refractivity contribution is -0.117. The zero-order valence-electron chi connectivity index (χ0n) is 10.7. The van der Waals surface area contributed by atoms with Crippen LogP contribution in [0, 0.1) is 6.92 Å². The number of hydrogen-bond acceptors (Lipinski definition) is 2. The van der Waals surface area contributed by atoms with Crippen LogP contribution in [0.3, 0.4) is 0 Å². The second kappa shape index (κ2) is 5.52. The van der Waals surface area contributed by atoms with E-state index in [1.54, 1.807) is 0 Å². The van der Waals surface area contributed by atoms with Crippen molar-refractivity contribution >= 4 is 23.2 Å². The highest BCUT2D eigenvalue weighted by Crippen LogP contribution is 2.23. The van der Waals surface area contributed by atoms with Crippen LogP contribution in [-0.4, -0.2) is 18.5 Å². The number of hydrogen-bond donors (Lipinski definition) is 2. The molecule has 0 aliphatic carbocycles. The predicted molar refractivity (Wildman–Crippen MR) is 72.6 cm³/mol. The molecule has 0 unspecified atom stereocenters. The minimum atomic E-state index is -0.212. The number of rotatable bonds is 4. The third-order valence-electron chi connectivity index (χ3n) is 2.82. The van der Waals surface area contributed by atoms with E-state index >= 15 is 0 Å². The van der Waals surface area contributed by atoms with Crippen molar-refractivity contribution in [3.8, 4) is 0 Å². The van der Waals surface area contributed by atoms with Crippen LogP contribution in [0.5, 0.6) is 0 Å². The van der Waals surface area contributed by atoms with Gasteiger partial charge in [-0.1, -0.05) is 17.7 Å². The van der Waals surface area contributed by atoms with Crippen molar-refractivity contribution < 1.29 is 4.79 Å². The molecule has 1 amide bonds. The highest BCUT2D eigenvalue weighted by molar-refractivity contribution is 6.31. The van der Waals surface area contributed by atoms with E-state index in [4.69, 9.17) is 11.6 Å². The van der Waals surface area contributed by atoms with E-state index in [-0.39, 0.29) is 11.4 Å². The molecule has 0 aliphatic rings. The van der Waals surface area contributed by atoms with Crippen molar-refractivity contribution in [3.63, 3.8) is 0 Å². The van der Waals surface area contributed by atoms with Gasteiger partial charge in [-0.25, -0.2) is 0 Å². The maximum Gasteiger partial charge on any atom is 0.226 e. The number of benzene rings is 1. The molecule has 0 radical (unpaired) electrons. The first-order valence-electron chi connectivity index (χ1n) is 5.59. The lowest BCUT2D eigenvalue weighted by Crippen LogP contribution is -2.39. The quantitative estimate of drug-likeness (QED) is 0.867. The molecule has 0 fully saturated rings. The molecule has 94 valence electrons. The largest absolute Gasteiger partial charge is 0.326 e. The molecule has 1 rings (SSSR count). The Kier molecular flexibility index (Phi) is 4.54. The first-order chi connectivity index (χ1) is 7.85. The fraction of sp³-hybridized carbons (Fsp3) is 0.462. The summed E-state index contributed by atoms with van der Waals surface area (Å²) in [7, 11) is 1.85. The summed E-state index contributed by atoms with van der Waals surface area (Å²) in [6.45, 7) is 5.86. The van der Waals surface area contributed by atoms with E-state index in [0.29, 0.717) is 11.4 Å². The molecule has 0 bridgehead atoms. The van der Waals surface area contributed by atoms with Crippen LogP contribution in [0.1, 0.15) is 25.8 Å². The van der Waals surface area contributed by atoms with Crippen LogP contribution in [0.25, 0.3) is 0 Å². The second-order valence-corrected chi connectivity index (χ2v) is 5.18. The van der Waals surface area contributed by atoms with Gasteiger partial charge in [-0.2, -0.15) is 0 Å². The van der Waals surface area contributed by atoms with E-state index in [1.165, 1.54) is 0 Å². The van der Waals surface area contributed by atoms with Crippen molar-refractivity contribution in [2.75, 3.05) is 12.4 Å². The first-order valence-corrected chi connectivity index (χ1v) is 5.97. The van der Waals surface area contributed by atoms with Crippen molar-refractivity contribution in [2.24, 2.45) is 0 Å². The smallest absolute Gasteiger partial charge is 0.226 e. The minimum absolute atomic E-state index is 0.0188. The SMILES string of the molecule is CNC(C)(C)CC(=O)Nc1cccc(Cl)c1C. The van der Waals surface area contributed by atoms with Gasteiger partial charge >= 0.3 is 0 Å². The molecule has 0 saturated carbocycles. The second-order valence-electron chi connectivity index (χ2n) is 4.77. The molecule has 4 heteroatoms. The van der Waals surface area contributed by atoms with E-state index in [1.807, 2.05) is 46.0 Å². The minimum Gasteiger partial charge on any atom is -0.326 e. The Balaban J connectivity index is 2.72. The lowest BCUT2D eigenvalue weighted by atomic mass is 10.0. The monoisotopic (exact) mass is 254 g/mol. The third-order valence-corrected chi connectivity index (χ3v) is 3.23. The molecule has 0 aliphatic heterocycles. The molecule has 0 heterocycles. The van der Waals surface area contributed by atoms with Crippen molar-refractivity contribution in [1.82, 2.24) is 5.32 Å². The van der Waals surface area contributed by atoms with Gasteiger partial charge in [-0.15, -0.1) is 0 Å². The lowest BCUT2D eigenvalue weighted by Gasteiger charge is -2.23. The molecule has 0 atom stereocenters. The number of anilines is 1. The fourth-order valence-corrected chi connectivity index (χ4v) is 1.60. The molecular weight excluding hydrogens is 236 g/mol. The van der Waals surface area contributed by atoms with E-state index in [0.717, 1.165) is 11.3 Å². The zero-order valence-corrected chi connectivity index (χ0v) is 11.5.